The van der Waals surface area contributed by atoms with Gasteiger partial charge in [0.25, 0.3) is 0 Å². The second-order valence-corrected chi connectivity index (χ2v) is 6.34. The van der Waals surface area contributed by atoms with Crippen molar-refractivity contribution < 1.29 is 5.11 Å². The first-order valence-electron chi connectivity index (χ1n) is 7.37. The van der Waals surface area contributed by atoms with Crippen LogP contribution in [0.1, 0.15) is 38.5 Å². The number of likely N-dealkylation sites (tertiary alicyclic amines) is 1. The van der Waals surface area contributed by atoms with Crippen molar-refractivity contribution in [3.05, 3.63) is 0 Å². The van der Waals surface area contributed by atoms with Gasteiger partial charge in [0.2, 0.25) is 0 Å². The van der Waals surface area contributed by atoms with Crippen LogP contribution >= 0.6 is 0 Å². The molecule has 2 aliphatic carbocycles. The molecule has 0 aromatic carbocycles. The fraction of sp³-hybridized carbons (Fsp3) is 1.00. The van der Waals surface area contributed by atoms with Crippen molar-refractivity contribution in [3.63, 3.8) is 0 Å². The third-order valence-corrected chi connectivity index (χ3v) is 5.16. The van der Waals surface area contributed by atoms with Gasteiger partial charge in [-0.2, -0.15) is 0 Å². The summed E-state index contributed by atoms with van der Waals surface area (Å²) in [5.41, 5.74) is 0. The van der Waals surface area contributed by atoms with Gasteiger partial charge < -0.3 is 10.4 Å². The largest absolute Gasteiger partial charge is 0.393 e. The molecule has 98 valence electrons. The predicted octanol–water partition coefficient (Wildman–Crippen LogP) is 1.22. The second kappa shape index (κ2) is 4.87. The Morgan fingerprint density at radius 1 is 1.00 bits per heavy atom. The van der Waals surface area contributed by atoms with Crippen LogP contribution in [0.2, 0.25) is 0 Å². The molecule has 1 heterocycles. The molecule has 3 fully saturated rings. The van der Waals surface area contributed by atoms with Crippen LogP contribution in [0.25, 0.3) is 0 Å². The molecule has 3 heteroatoms. The summed E-state index contributed by atoms with van der Waals surface area (Å²) < 4.78 is 0. The minimum absolute atomic E-state index is 0.0254. The van der Waals surface area contributed by atoms with Gasteiger partial charge >= 0.3 is 0 Å². The third kappa shape index (κ3) is 2.51. The molecule has 3 rings (SSSR count). The van der Waals surface area contributed by atoms with Crippen LogP contribution in [-0.4, -0.2) is 48.3 Å². The topological polar surface area (TPSA) is 35.5 Å². The van der Waals surface area contributed by atoms with Gasteiger partial charge in [-0.3, -0.25) is 4.90 Å². The van der Waals surface area contributed by atoms with E-state index in [0.29, 0.717) is 11.8 Å². The molecule has 0 aromatic rings. The van der Waals surface area contributed by atoms with Crippen LogP contribution in [0.5, 0.6) is 0 Å². The smallest absolute Gasteiger partial charge is 0.0596 e. The van der Waals surface area contributed by atoms with E-state index in [1.54, 1.807) is 0 Å². The van der Waals surface area contributed by atoms with Gasteiger partial charge in [0.05, 0.1) is 6.10 Å². The number of rotatable bonds is 4. The Bertz CT molecular complexity index is 253. The maximum atomic E-state index is 10.2. The van der Waals surface area contributed by atoms with Gasteiger partial charge in [-0.1, -0.05) is 0 Å². The zero-order valence-electron chi connectivity index (χ0n) is 10.9. The Morgan fingerprint density at radius 3 is 2.00 bits per heavy atom. The number of aliphatic hydroxyl groups is 1. The summed E-state index contributed by atoms with van der Waals surface area (Å²) in [4.78, 5) is 2.63. The number of hydrogen-bond donors (Lipinski definition) is 2. The van der Waals surface area contributed by atoms with Gasteiger partial charge in [0, 0.05) is 25.2 Å². The van der Waals surface area contributed by atoms with Crippen molar-refractivity contribution in [2.24, 2.45) is 11.8 Å². The van der Waals surface area contributed by atoms with Crippen LogP contribution in [0.3, 0.4) is 0 Å². The summed E-state index contributed by atoms with van der Waals surface area (Å²) in [6.45, 7) is 2.47. The first kappa shape index (κ1) is 11.9. The molecule has 1 atom stereocenters. The lowest BCUT2D eigenvalue weighted by atomic mass is 9.80. The molecule has 3 aliphatic rings. The zero-order chi connectivity index (χ0) is 11.8. The van der Waals surface area contributed by atoms with E-state index in [4.69, 9.17) is 0 Å². The Morgan fingerprint density at radius 2 is 1.53 bits per heavy atom. The lowest BCUT2D eigenvalue weighted by Gasteiger charge is -2.47. The van der Waals surface area contributed by atoms with Crippen molar-refractivity contribution in [3.8, 4) is 0 Å². The molecular formula is C14H26N2O. The van der Waals surface area contributed by atoms with Crippen LogP contribution in [0, 0.1) is 11.8 Å². The first-order chi connectivity index (χ1) is 8.28. The standard InChI is InChI=1S/C14H26N2O/c1-15-12-8-16(9-12)13-6-4-11(5-7-13)14(17)10-2-3-10/h10-15,17H,2-9H2,1H3. The van der Waals surface area contributed by atoms with Gasteiger partial charge in [0.1, 0.15) is 0 Å². The number of nitrogens with one attached hydrogen (secondary N) is 1. The zero-order valence-corrected chi connectivity index (χ0v) is 10.9. The monoisotopic (exact) mass is 238 g/mol. The number of hydrogen-bond acceptors (Lipinski definition) is 3. The Labute approximate surface area is 105 Å². The van der Waals surface area contributed by atoms with E-state index in [-0.39, 0.29) is 6.10 Å². The molecule has 2 N–H and O–H groups in total. The quantitative estimate of drug-likeness (QED) is 0.773. The molecule has 0 aromatic heterocycles. The third-order valence-electron chi connectivity index (χ3n) is 5.16. The van der Waals surface area contributed by atoms with E-state index in [1.807, 2.05) is 0 Å². The van der Waals surface area contributed by atoms with Gasteiger partial charge in [-0.15, -0.1) is 0 Å². The van der Waals surface area contributed by atoms with Crippen LogP contribution in [0.15, 0.2) is 0 Å². The summed E-state index contributed by atoms with van der Waals surface area (Å²) in [6, 6.07) is 1.53. The Kier molecular flexibility index (Phi) is 3.42. The van der Waals surface area contributed by atoms with Gasteiger partial charge in [-0.05, 0) is 57.4 Å². The highest BCUT2D eigenvalue weighted by Crippen LogP contribution is 2.41. The summed E-state index contributed by atoms with van der Waals surface area (Å²) in [6.07, 6.45) is 7.70. The molecule has 3 nitrogen and oxygen atoms in total. The fourth-order valence-corrected chi connectivity index (χ4v) is 3.62. The normalized spacial score (nSPS) is 37.8. The lowest BCUT2D eigenvalue weighted by molar-refractivity contribution is 0.0153. The van der Waals surface area contributed by atoms with Gasteiger partial charge in [0.15, 0.2) is 0 Å². The van der Waals surface area contributed by atoms with Crippen LogP contribution < -0.4 is 5.32 Å². The molecular weight excluding hydrogens is 212 g/mol. The highest BCUT2D eigenvalue weighted by atomic mass is 16.3. The van der Waals surface area contributed by atoms with E-state index < -0.39 is 0 Å². The van der Waals surface area contributed by atoms with E-state index in [9.17, 15) is 5.11 Å². The van der Waals surface area contributed by atoms with Crippen LogP contribution in [-0.2, 0) is 0 Å². The number of aliphatic hydroxyl groups excluding tert-OH is 1. The first-order valence-corrected chi connectivity index (χ1v) is 7.37. The Balaban J connectivity index is 1.41. The number of likely N-dealkylation sites (N-methyl/N-ethyl adjacent to an activating group) is 1. The maximum Gasteiger partial charge on any atom is 0.0596 e. The SMILES string of the molecule is CNC1CN(C2CCC(C(O)C3CC3)CC2)C1. The summed E-state index contributed by atoms with van der Waals surface area (Å²) in [7, 11) is 2.06. The summed E-state index contributed by atoms with van der Waals surface area (Å²) in [5, 5.41) is 13.5. The molecule has 0 radical (unpaired) electrons. The molecule has 0 bridgehead atoms. The maximum absolute atomic E-state index is 10.2. The molecule has 17 heavy (non-hydrogen) atoms. The average Bonchev–Trinajstić information content (AvgIpc) is 3.11. The predicted molar refractivity (Wildman–Crippen MR) is 68.9 cm³/mol. The van der Waals surface area contributed by atoms with Crippen molar-refractivity contribution in [2.75, 3.05) is 20.1 Å². The fourth-order valence-electron chi connectivity index (χ4n) is 3.62. The molecule has 0 amide bonds. The molecule has 1 aliphatic heterocycles. The molecule has 0 spiro atoms. The Hall–Kier alpha value is -0.120. The van der Waals surface area contributed by atoms with Crippen LogP contribution in [0.4, 0.5) is 0 Å². The average molecular weight is 238 g/mol. The lowest BCUT2D eigenvalue weighted by Crippen LogP contribution is -2.60. The van der Waals surface area contributed by atoms with E-state index in [0.717, 1.165) is 12.1 Å². The van der Waals surface area contributed by atoms with Gasteiger partial charge in [-0.25, -0.2) is 0 Å². The van der Waals surface area contributed by atoms with E-state index in [2.05, 4.69) is 17.3 Å². The molecule has 1 unspecified atom stereocenters. The summed E-state index contributed by atoms with van der Waals surface area (Å²) >= 11 is 0. The molecule has 1 saturated heterocycles. The number of nitrogens with zero attached hydrogens (tertiary/aromatic N) is 1. The van der Waals surface area contributed by atoms with E-state index in [1.165, 1.54) is 51.6 Å². The van der Waals surface area contributed by atoms with Crippen molar-refractivity contribution >= 4 is 0 Å². The highest BCUT2D eigenvalue weighted by molar-refractivity contribution is 4.94. The van der Waals surface area contributed by atoms with Crippen molar-refractivity contribution in [2.45, 2.75) is 56.7 Å². The van der Waals surface area contributed by atoms with Crippen molar-refractivity contribution in [1.29, 1.82) is 0 Å². The summed E-state index contributed by atoms with van der Waals surface area (Å²) in [5.74, 6) is 1.27. The minimum Gasteiger partial charge on any atom is -0.393 e. The highest BCUT2D eigenvalue weighted by Gasteiger charge is 2.39. The van der Waals surface area contributed by atoms with Crippen molar-refractivity contribution in [1.82, 2.24) is 10.2 Å². The minimum atomic E-state index is 0.0254. The van der Waals surface area contributed by atoms with E-state index >= 15 is 0 Å². The second-order valence-electron chi connectivity index (χ2n) is 6.34. The molecule has 2 saturated carbocycles.